The van der Waals surface area contributed by atoms with E-state index < -0.39 is 11.9 Å². The van der Waals surface area contributed by atoms with Gasteiger partial charge in [-0.25, -0.2) is 4.79 Å². The monoisotopic (exact) mass is 343 g/mol. The first-order valence-corrected chi connectivity index (χ1v) is 6.22. The number of carboxylic acids is 1. The highest BCUT2D eigenvalue weighted by Gasteiger charge is 2.15. The Balaban J connectivity index is 2.15. The average molecular weight is 345 g/mol. The van der Waals surface area contributed by atoms with Gasteiger partial charge in [-0.1, -0.05) is 11.6 Å². The zero-order valence-electron chi connectivity index (χ0n) is 9.31. The molecule has 7 heteroatoms. The Labute approximate surface area is 121 Å². The normalized spacial score (nSPS) is 10.2. The molecule has 0 aliphatic rings. The number of carboxylic acid groups (broad SMARTS) is 1. The van der Waals surface area contributed by atoms with E-state index in [4.69, 9.17) is 21.1 Å². The van der Waals surface area contributed by atoms with Crippen molar-refractivity contribution in [2.75, 3.05) is 5.32 Å². The van der Waals surface area contributed by atoms with Crippen LogP contribution >= 0.6 is 27.5 Å². The molecule has 0 aliphatic heterocycles. The van der Waals surface area contributed by atoms with Crippen LogP contribution in [0.3, 0.4) is 0 Å². The molecule has 0 saturated carbocycles. The van der Waals surface area contributed by atoms with E-state index in [0.29, 0.717) is 15.2 Å². The van der Waals surface area contributed by atoms with Gasteiger partial charge in [0.25, 0.3) is 5.91 Å². The van der Waals surface area contributed by atoms with Crippen LogP contribution in [0.1, 0.15) is 20.9 Å². The highest BCUT2D eigenvalue weighted by molar-refractivity contribution is 9.10. The van der Waals surface area contributed by atoms with Gasteiger partial charge in [0.1, 0.15) is 6.26 Å². The SMILES string of the molecule is O=C(O)c1coc(C(=O)Nc2ccc(Cl)c(Br)c2)c1. The quantitative estimate of drug-likeness (QED) is 0.891. The Morgan fingerprint density at radius 1 is 1.32 bits per heavy atom. The molecule has 0 fully saturated rings. The van der Waals surface area contributed by atoms with Gasteiger partial charge in [0.15, 0.2) is 5.76 Å². The minimum absolute atomic E-state index is 0.0801. The fourth-order valence-corrected chi connectivity index (χ4v) is 1.83. The van der Waals surface area contributed by atoms with E-state index in [9.17, 15) is 9.59 Å². The molecule has 1 aromatic carbocycles. The summed E-state index contributed by atoms with van der Waals surface area (Å²) in [6.45, 7) is 0. The van der Waals surface area contributed by atoms with E-state index in [1.165, 1.54) is 0 Å². The predicted octanol–water partition coefficient (Wildman–Crippen LogP) is 3.65. The van der Waals surface area contributed by atoms with Crippen molar-refractivity contribution in [3.63, 3.8) is 0 Å². The number of hydrogen-bond donors (Lipinski definition) is 2. The number of rotatable bonds is 3. The average Bonchev–Trinajstić information content (AvgIpc) is 2.83. The molecule has 0 radical (unpaired) electrons. The molecule has 0 atom stereocenters. The van der Waals surface area contributed by atoms with E-state index in [1.807, 2.05) is 0 Å². The van der Waals surface area contributed by atoms with Crippen molar-refractivity contribution in [2.45, 2.75) is 0 Å². The molecule has 0 spiro atoms. The first kappa shape index (κ1) is 13.6. The van der Waals surface area contributed by atoms with Crippen LogP contribution in [0.4, 0.5) is 5.69 Å². The maximum atomic E-state index is 11.8. The summed E-state index contributed by atoms with van der Waals surface area (Å²) in [7, 11) is 0. The Hall–Kier alpha value is -1.79. The van der Waals surface area contributed by atoms with Crippen molar-refractivity contribution in [1.82, 2.24) is 0 Å². The lowest BCUT2D eigenvalue weighted by Gasteiger charge is -2.04. The predicted molar refractivity (Wildman–Crippen MR) is 72.8 cm³/mol. The molecule has 2 aromatic rings. The number of carbonyl (C=O) groups excluding carboxylic acids is 1. The second-order valence-electron chi connectivity index (χ2n) is 3.59. The summed E-state index contributed by atoms with van der Waals surface area (Å²) in [5.41, 5.74) is 0.428. The molecule has 19 heavy (non-hydrogen) atoms. The summed E-state index contributed by atoms with van der Waals surface area (Å²) in [5.74, 6) is -1.78. The Morgan fingerprint density at radius 2 is 2.05 bits per heavy atom. The Morgan fingerprint density at radius 3 is 2.63 bits per heavy atom. The molecular weight excluding hydrogens is 337 g/mol. The van der Waals surface area contributed by atoms with E-state index in [-0.39, 0.29) is 11.3 Å². The number of halogens is 2. The van der Waals surface area contributed by atoms with Crippen LogP contribution in [-0.2, 0) is 0 Å². The molecule has 1 amide bonds. The molecule has 0 unspecified atom stereocenters. The standard InChI is InChI=1S/C12H7BrClNO4/c13-8-4-7(1-2-9(8)14)15-11(16)10-3-6(5-19-10)12(17)18/h1-5H,(H,15,16)(H,17,18). The van der Waals surface area contributed by atoms with Gasteiger partial charge in [-0.2, -0.15) is 0 Å². The Bertz CT molecular complexity index is 653. The van der Waals surface area contributed by atoms with Gasteiger partial charge in [-0.3, -0.25) is 4.79 Å². The molecule has 2 N–H and O–H groups in total. The second kappa shape index (κ2) is 5.46. The minimum Gasteiger partial charge on any atom is -0.478 e. The fraction of sp³-hybridized carbons (Fsp3) is 0. The summed E-state index contributed by atoms with van der Waals surface area (Å²) >= 11 is 9.06. The van der Waals surface area contributed by atoms with Crippen molar-refractivity contribution < 1.29 is 19.1 Å². The number of nitrogens with one attached hydrogen (secondary N) is 1. The second-order valence-corrected chi connectivity index (χ2v) is 4.85. The molecule has 0 aliphatic carbocycles. The van der Waals surface area contributed by atoms with Crippen LogP contribution in [0.25, 0.3) is 0 Å². The van der Waals surface area contributed by atoms with Crippen LogP contribution in [-0.4, -0.2) is 17.0 Å². The molecule has 1 heterocycles. The molecule has 5 nitrogen and oxygen atoms in total. The summed E-state index contributed by atoms with van der Waals surface area (Å²) in [4.78, 5) is 22.5. The number of anilines is 1. The number of hydrogen-bond acceptors (Lipinski definition) is 3. The van der Waals surface area contributed by atoms with Gasteiger partial charge < -0.3 is 14.8 Å². The lowest BCUT2D eigenvalue weighted by atomic mass is 10.3. The number of benzene rings is 1. The van der Waals surface area contributed by atoms with Gasteiger partial charge in [-0.15, -0.1) is 0 Å². The van der Waals surface area contributed by atoms with Gasteiger partial charge in [0, 0.05) is 16.2 Å². The van der Waals surface area contributed by atoms with Crippen molar-refractivity contribution >= 4 is 45.1 Å². The van der Waals surface area contributed by atoms with Crippen LogP contribution in [0.2, 0.25) is 5.02 Å². The smallest absolute Gasteiger partial charge is 0.338 e. The number of furan rings is 1. The molecule has 1 aromatic heterocycles. The third kappa shape index (κ3) is 3.15. The van der Waals surface area contributed by atoms with Crippen LogP contribution in [0.15, 0.2) is 39.4 Å². The van der Waals surface area contributed by atoms with E-state index >= 15 is 0 Å². The Kier molecular flexibility index (Phi) is 3.92. The highest BCUT2D eigenvalue weighted by Crippen LogP contribution is 2.25. The van der Waals surface area contributed by atoms with E-state index in [0.717, 1.165) is 12.3 Å². The van der Waals surface area contributed by atoms with Gasteiger partial charge >= 0.3 is 5.97 Å². The van der Waals surface area contributed by atoms with Crippen molar-refractivity contribution in [3.05, 3.63) is 51.3 Å². The molecule has 98 valence electrons. The summed E-state index contributed by atoms with van der Waals surface area (Å²) < 4.78 is 5.52. The molecule has 0 bridgehead atoms. The maximum Gasteiger partial charge on any atom is 0.338 e. The number of amides is 1. The molecule has 2 rings (SSSR count). The first-order chi connectivity index (χ1) is 8.97. The van der Waals surface area contributed by atoms with Crippen LogP contribution in [0.5, 0.6) is 0 Å². The summed E-state index contributed by atoms with van der Waals surface area (Å²) in [6, 6.07) is 6.02. The zero-order valence-corrected chi connectivity index (χ0v) is 11.7. The lowest BCUT2D eigenvalue weighted by molar-refractivity contribution is 0.0696. The first-order valence-electron chi connectivity index (χ1n) is 5.05. The van der Waals surface area contributed by atoms with E-state index in [2.05, 4.69) is 21.2 Å². The summed E-state index contributed by atoms with van der Waals surface area (Å²) in [5, 5.41) is 11.8. The fourth-order valence-electron chi connectivity index (χ4n) is 1.33. The van der Waals surface area contributed by atoms with Crippen LogP contribution < -0.4 is 5.32 Å². The molecular formula is C12H7BrClNO4. The van der Waals surface area contributed by atoms with Gasteiger partial charge in [-0.05, 0) is 34.1 Å². The third-order valence-corrected chi connectivity index (χ3v) is 3.46. The summed E-state index contributed by atoms with van der Waals surface area (Å²) in [6.07, 6.45) is 1.01. The maximum absolute atomic E-state index is 11.8. The zero-order chi connectivity index (χ0) is 14.0. The largest absolute Gasteiger partial charge is 0.478 e. The van der Waals surface area contributed by atoms with Crippen molar-refractivity contribution in [3.8, 4) is 0 Å². The van der Waals surface area contributed by atoms with Crippen LogP contribution in [0, 0.1) is 0 Å². The number of carbonyl (C=O) groups is 2. The minimum atomic E-state index is -1.16. The lowest BCUT2D eigenvalue weighted by Crippen LogP contribution is -2.10. The topological polar surface area (TPSA) is 79.5 Å². The van der Waals surface area contributed by atoms with E-state index in [1.54, 1.807) is 18.2 Å². The third-order valence-electron chi connectivity index (χ3n) is 2.25. The van der Waals surface area contributed by atoms with Crippen molar-refractivity contribution in [2.24, 2.45) is 0 Å². The molecule has 0 saturated heterocycles. The van der Waals surface area contributed by atoms with Gasteiger partial charge in [0.2, 0.25) is 0 Å². The highest BCUT2D eigenvalue weighted by atomic mass is 79.9. The number of aromatic carboxylic acids is 1. The van der Waals surface area contributed by atoms with Crippen molar-refractivity contribution in [1.29, 1.82) is 0 Å². The van der Waals surface area contributed by atoms with Gasteiger partial charge in [0.05, 0.1) is 10.6 Å².